The van der Waals surface area contributed by atoms with Crippen molar-refractivity contribution in [2.24, 2.45) is 7.05 Å². The zero-order chi connectivity index (χ0) is 15.9. The van der Waals surface area contributed by atoms with Crippen molar-refractivity contribution in [1.29, 1.82) is 0 Å². The molecule has 0 N–H and O–H groups in total. The molecule has 0 radical (unpaired) electrons. The summed E-state index contributed by atoms with van der Waals surface area (Å²) < 4.78 is 3.28. The lowest BCUT2D eigenvalue weighted by molar-refractivity contribution is 0.700. The van der Waals surface area contributed by atoms with Gasteiger partial charge in [0, 0.05) is 24.4 Å². The van der Waals surface area contributed by atoms with Gasteiger partial charge in [-0.3, -0.25) is 9.36 Å². The summed E-state index contributed by atoms with van der Waals surface area (Å²) in [4.78, 5) is 16.5. The third kappa shape index (κ3) is 2.35. The van der Waals surface area contributed by atoms with Gasteiger partial charge in [-0.25, -0.2) is 9.67 Å². The molecule has 0 saturated carbocycles. The second-order valence-corrected chi connectivity index (χ2v) is 5.47. The summed E-state index contributed by atoms with van der Waals surface area (Å²) in [6, 6.07) is 9.83. The Morgan fingerprint density at radius 2 is 1.86 bits per heavy atom. The number of aromatic nitrogens is 4. The summed E-state index contributed by atoms with van der Waals surface area (Å²) in [7, 11) is 1.64. The molecule has 0 bridgehead atoms. The van der Waals surface area contributed by atoms with Gasteiger partial charge in [-0.15, -0.1) is 0 Å². The minimum Gasteiger partial charge on any atom is -0.299 e. The second-order valence-electron chi connectivity index (χ2n) is 5.47. The molecule has 2 heterocycles. The molecule has 5 nitrogen and oxygen atoms in total. The Hall–Kier alpha value is -2.69. The number of hydrogen-bond acceptors (Lipinski definition) is 3. The van der Waals surface area contributed by atoms with Crippen LogP contribution in [0.5, 0.6) is 0 Å². The Balaban J connectivity index is 2.18. The van der Waals surface area contributed by atoms with Gasteiger partial charge in [-0.1, -0.05) is 23.8 Å². The fraction of sp³-hybridized carbons (Fsp3) is 0.235. The zero-order valence-corrected chi connectivity index (χ0v) is 13.2. The summed E-state index contributed by atoms with van der Waals surface area (Å²) in [5, 5.41) is 4.09. The average molecular weight is 294 g/mol. The number of aryl methyl sites for hydroxylation is 3. The Morgan fingerprint density at radius 1 is 1.09 bits per heavy atom. The van der Waals surface area contributed by atoms with Crippen molar-refractivity contribution >= 4 is 0 Å². The molecular formula is C17H18N4O. The first-order valence-corrected chi connectivity index (χ1v) is 7.14. The topological polar surface area (TPSA) is 52.7 Å². The number of rotatable bonds is 2. The fourth-order valence-corrected chi connectivity index (χ4v) is 2.67. The normalized spacial score (nSPS) is 10.9. The van der Waals surface area contributed by atoms with Crippen molar-refractivity contribution in [2.45, 2.75) is 20.8 Å². The van der Waals surface area contributed by atoms with E-state index in [4.69, 9.17) is 0 Å². The molecule has 0 saturated heterocycles. The van der Waals surface area contributed by atoms with Crippen LogP contribution in [-0.4, -0.2) is 19.3 Å². The molecule has 22 heavy (non-hydrogen) atoms. The fourth-order valence-electron chi connectivity index (χ4n) is 2.67. The molecule has 3 rings (SSSR count). The molecule has 0 aliphatic heterocycles. The summed E-state index contributed by atoms with van der Waals surface area (Å²) in [6.07, 6.45) is 1.68. The van der Waals surface area contributed by atoms with Crippen LogP contribution < -0.4 is 5.56 Å². The third-order valence-electron chi connectivity index (χ3n) is 3.78. The molecule has 5 heteroatoms. The van der Waals surface area contributed by atoms with Gasteiger partial charge < -0.3 is 0 Å². The van der Waals surface area contributed by atoms with E-state index in [1.165, 1.54) is 10.2 Å². The standard InChI is InChI=1S/C17H18N4O/c1-11-6-5-7-14(8-11)17-12(2)21(13(3)19-17)15-9-16(22)20(4)18-10-15/h5-10H,1-4H3. The van der Waals surface area contributed by atoms with E-state index in [2.05, 4.69) is 29.1 Å². The first-order valence-electron chi connectivity index (χ1n) is 7.14. The molecule has 0 spiro atoms. The molecule has 0 atom stereocenters. The van der Waals surface area contributed by atoms with Crippen LogP contribution in [0.25, 0.3) is 16.9 Å². The Labute approximate surface area is 128 Å². The SMILES string of the molecule is Cc1cccc(-c2nc(C)n(-c3cnn(C)c(=O)c3)c2C)c1. The first-order chi connectivity index (χ1) is 10.5. The smallest absolute Gasteiger partial charge is 0.268 e. The maximum Gasteiger partial charge on any atom is 0.268 e. The van der Waals surface area contributed by atoms with Crippen LogP contribution in [0.1, 0.15) is 17.1 Å². The molecule has 0 aliphatic carbocycles. The Bertz CT molecular complexity index is 905. The summed E-state index contributed by atoms with van der Waals surface area (Å²) >= 11 is 0. The molecule has 112 valence electrons. The lowest BCUT2D eigenvalue weighted by Gasteiger charge is -2.08. The third-order valence-corrected chi connectivity index (χ3v) is 3.78. The molecule has 0 amide bonds. The minimum atomic E-state index is -0.137. The molecule has 0 fully saturated rings. The lowest BCUT2D eigenvalue weighted by Crippen LogP contribution is -2.19. The highest BCUT2D eigenvalue weighted by Crippen LogP contribution is 2.26. The van der Waals surface area contributed by atoms with Crippen LogP contribution in [0.4, 0.5) is 0 Å². The van der Waals surface area contributed by atoms with Gasteiger partial charge in [0.1, 0.15) is 5.82 Å². The zero-order valence-electron chi connectivity index (χ0n) is 13.2. The summed E-state index contributed by atoms with van der Waals surface area (Å²) in [6.45, 7) is 6.01. The van der Waals surface area contributed by atoms with E-state index in [1.807, 2.05) is 30.5 Å². The predicted molar refractivity (Wildman–Crippen MR) is 86.2 cm³/mol. The highest BCUT2D eigenvalue weighted by atomic mass is 16.1. The Kier molecular flexibility index (Phi) is 3.41. The van der Waals surface area contributed by atoms with E-state index in [0.717, 1.165) is 28.5 Å². The van der Waals surface area contributed by atoms with E-state index in [-0.39, 0.29) is 5.56 Å². The van der Waals surface area contributed by atoms with E-state index < -0.39 is 0 Å². The van der Waals surface area contributed by atoms with Crippen molar-refractivity contribution in [3.05, 3.63) is 64.0 Å². The van der Waals surface area contributed by atoms with Gasteiger partial charge >= 0.3 is 0 Å². The van der Waals surface area contributed by atoms with Gasteiger partial charge in [0.2, 0.25) is 0 Å². The van der Waals surface area contributed by atoms with Crippen LogP contribution in [0.3, 0.4) is 0 Å². The molecule has 0 unspecified atom stereocenters. The van der Waals surface area contributed by atoms with Gasteiger partial charge in [0.15, 0.2) is 0 Å². The number of benzene rings is 1. The average Bonchev–Trinajstić information content (AvgIpc) is 2.77. The second kappa shape index (κ2) is 5.26. The van der Waals surface area contributed by atoms with E-state index >= 15 is 0 Å². The molecule has 1 aromatic carbocycles. The molecular weight excluding hydrogens is 276 g/mol. The number of imidazole rings is 1. The summed E-state index contributed by atoms with van der Waals surface area (Å²) in [5.74, 6) is 0.837. The van der Waals surface area contributed by atoms with E-state index in [9.17, 15) is 4.79 Å². The molecule has 3 aromatic rings. The lowest BCUT2D eigenvalue weighted by atomic mass is 10.1. The van der Waals surface area contributed by atoms with Crippen LogP contribution in [-0.2, 0) is 7.05 Å². The maximum absolute atomic E-state index is 11.8. The van der Waals surface area contributed by atoms with Gasteiger partial charge in [-0.2, -0.15) is 5.10 Å². The van der Waals surface area contributed by atoms with E-state index in [0.29, 0.717) is 0 Å². The van der Waals surface area contributed by atoms with Crippen LogP contribution in [0.2, 0.25) is 0 Å². The monoisotopic (exact) mass is 294 g/mol. The van der Waals surface area contributed by atoms with Crippen LogP contribution in [0, 0.1) is 20.8 Å². The maximum atomic E-state index is 11.8. The highest BCUT2D eigenvalue weighted by molar-refractivity contribution is 5.64. The van der Waals surface area contributed by atoms with Crippen molar-refractivity contribution in [3.63, 3.8) is 0 Å². The van der Waals surface area contributed by atoms with Crippen molar-refractivity contribution in [1.82, 2.24) is 19.3 Å². The highest BCUT2D eigenvalue weighted by Gasteiger charge is 2.14. The van der Waals surface area contributed by atoms with E-state index in [1.54, 1.807) is 19.3 Å². The first kappa shape index (κ1) is 14.3. The van der Waals surface area contributed by atoms with Crippen molar-refractivity contribution in [2.75, 3.05) is 0 Å². The molecule has 0 aliphatic rings. The van der Waals surface area contributed by atoms with Crippen molar-refractivity contribution in [3.8, 4) is 16.9 Å². The minimum absolute atomic E-state index is 0.137. The number of hydrogen-bond donors (Lipinski definition) is 0. The predicted octanol–water partition coefficient (Wildman–Crippen LogP) is 2.56. The largest absolute Gasteiger partial charge is 0.299 e. The Morgan fingerprint density at radius 3 is 2.55 bits per heavy atom. The summed E-state index contributed by atoms with van der Waals surface area (Å²) in [5.41, 5.74) is 4.81. The van der Waals surface area contributed by atoms with Gasteiger partial charge in [0.05, 0.1) is 17.6 Å². The quantitative estimate of drug-likeness (QED) is 0.730. The van der Waals surface area contributed by atoms with Crippen LogP contribution in [0.15, 0.2) is 41.3 Å². The number of nitrogens with zero attached hydrogens (tertiary/aromatic N) is 4. The van der Waals surface area contributed by atoms with Crippen LogP contribution >= 0.6 is 0 Å². The molecule has 2 aromatic heterocycles. The van der Waals surface area contributed by atoms with Gasteiger partial charge in [0.25, 0.3) is 5.56 Å². The van der Waals surface area contributed by atoms with Crippen molar-refractivity contribution < 1.29 is 0 Å². The van der Waals surface area contributed by atoms with Gasteiger partial charge in [-0.05, 0) is 26.8 Å².